The molecule has 5 nitrogen and oxygen atoms in total. The maximum atomic E-state index is 12.2. The van der Waals surface area contributed by atoms with Gasteiger partial charge in [-0.15, -0.1) is 0 Å². The molecule has 0 saturated heterocycles. The summed E-state index contributed by atoms with van der Waals surface area (Å²) in [5.41, 5.74) is 0.241. The Hall–Kier alpha value is -1.88. The van der Waals surface area contributed by atoms with Crippen LogP contribution in [0.3, 0.4) is 0 Å². The summed E-state index contributed by atoms with van der Waals surface area (Å²) in [5.74, 6) is -0.714. The fourth-order valence-corrected chi connectivity index (χ4v) is 2.75. The first-order chi connectivity index (χ1) is 10.9. The molecular formula is C18H25NO4. The quantitative estimate of drug-likeness (QED) is 0.816. The fourth-order valence-electron chi connectivity index (χ4n) is 2.75. The van der Waals surface area contributed by atoms with Crippen molar-refractivity contribution in [2.75, 3.05) is 0 Å². The zero-order valence-electron chi connectivity index (χ0n) is 13.7. The lowest BCUT2D eigenvalue weighted by Gasteiger charge is -2.32. The zero-order chi connectivity index (χ0) is 16.9. The molecule has 2 N–H and O–H groups in total. The van der Waals surface area contributed by atoms with E-state index in [1.54, 1.807) is 13.8 Å². The summed E-state index contributed by atoms with van der Waals surface area (Å²) >= 11 is 0. The highest BCUT2D eigenvalue weighted by molar-refractivity contribution is 5.85. The summed E-state index contributed by atoms with van der Waals surface area (Å²) in [6.07, 6.45) is 2.51. The molecule has 1 amide bonds. The molecule has 1 aromatic carbocycles. The van der Waals surface area contributed by atoms with Gasteiger partial charge in [-0.3, -0.25) is 4.79 Å². The van der Waals surface area contributed by atoms with E-state index in [2.05, 4.69) is 5.32 Å². The zero-order valence-corrected chi connectivity index (χ0v) is 13.7. The minimum Gasteiger partial charge on any atom is -0.459 e. The topological polar surface area (TPSA) is 75.6 Å². The molecule has 1 aliphatic rings. The first-order valence-electron chi connectivity index (χ1n) is 8.11. The molecule has 126 valence electrons. The molecule has 1 aliphatic carbocycles. The van der Waals surface area contributed by atoms with Gasteiger partial charge in [-0.2, -0.15) is 0 Å². The van der Waals surface area contributed by atoms with Crippen molar-refractivity contribution in [2.24, 2.45) is 5.92 Å². The Kier molecular flexibility index (Phi) is 5.77. The van der Waals surface area contributed by atoms with Gasteiger partial charge in [0.25, 0.3) is 0 Å². The lowest BCUT2D eigenvalue weighted by Crippen LogP contribution is -2.44. The average Bonchev–Trinajstić information content (AvgIpc) is 2.53. The molecule has 0 spiro atoms. The Labute approximate surface area is 137 Å². The summed E-state index contributed by atoms with van der Waals surface area (Å²) in [7, 11) is 0. The first-order valence-corrected chi connectivity index (χ1v) is 8.11. The van der Waals surface area contributed by atoms with E-state index in [1.807, 2.05) is 30.3 Å². The Balaban J connectivity index is 1.76. The SMILES string of the molecule is CC(NC(=O)C1CCC(C)(O)CC1)C(=O)OCc1ccccc1. The lowest BCUT2D eigenvalue weighted by molar-refractivity contribution is -0.149. The van der Waals surface area contributed by atoms with E-state index < -0.39 is 17.6 Å². The van der Waals surface area contributed by atoms with Gasteiger partial charge in [0.15, 0.2) is 0 Å². The second-order valence-electron chi connectivity index (χ2n) is 6.59. The number of nitrogens with one attached hydrogen (secondary N) is 1. The van der Waals surface area contributed by atoms with Gasteiger partial charge in [0.2, 0.25) is 5.91 Å². The number of amides is 1. The van der Waals surface area contributed by atoms with Crippen LogP contribution in [0.5, 0.6) is 0 Å². The van der Waals surface area contributed by atoms with Crippen molar-refractivity contribution in [2.45, 2.75) is 57.8 Å². The lowest BCUT2D eigenvalue weighted by atomic mass is 9.79. The highest BCUT2D eigenvalue weighted by Crippen LogP contribution is 2.31. The minimum atomic E-state index is -0.673. The summed E-state index contributed by atoms with van der Waals surface area (Å²) in [6.45, 7) is 3.63. The predicted octanol–water partition coefficient (Wildman–Crippen LogP) is 2.18. The van der Waals surface area contributed by atoms with Crippen LogP contribution < -0.4 is 5.32 Å². The number of esters is 1. The van der Waals surface area contributed by atoms with E-state index in [9.17, 15) is 14.7 Å². The largest absolute Gasteiger partial charge is 0.459 e. The van der Waals surface area contributed by atoms with Gasteiger partial charge in [-0.25, -0.2) is 4.79 Å². The molecule has 1 atom stereocenters. The number of carbonyl (C=O) groups is 2. The van der Waals surface area contributed by atoms with Crippen molar-refractivity contribution < 1.29 is 19.4 Å². The second-order valence-corrected chi connectivity index (χ2v) is 6.59. The van der Waals surface area contributed by atoms with Crippen LogP contribution in [0.4, 0.5) is 0 Å². The van der Waals surface area contributed by atoms with Crippen molar-refractivity contribution in [3.63, 3.8) is 0 Å². The number of carbonyl (C=O) groups excluding carboxylic acids is 2. The normalized spacial score (nSPS) is 25.4. The molecule has 0 heterocycles. The average molecular weight is 319 g/mol. The van der Waals surface area contributed by atoms with E-state index >= 15 is 0 Å². The number of benzene rings is 1. The van der Waals surface area contributed by atoms with Gasteiger partial charge in [-0.1, -0.05) is 30.3 Å². The van der Waals surface area contributed by atoms with Crippen LogP contribution in [0, 0.1) is 5.92 Å². The van der Waals surface area contributed by atoms with E-state index in [0.29, 0.717) is 25.7 Å². The van der Waals surface area contributed by atoms with Crippen molar-refractivity contribution >= 4 is 11.9 Å². The molecule has 1 aromatic rings. The van der Waals surface area contributed by atoms with E-state index in [0.717, 1.165) is 5.56 Å². The molecule has 1 saturated carbocycles. The Morgan fingerprint density at radius 2 is 1.91 bits per heavy atom. The number of rotatable bonds is 5. The van der Waals surface area contributed by atoms with Crippen LogP contribution in [0.25, 0.3) is 0 Å². The van der Waals surface area contributed by atoms with Crippen LogP contribution in [-0.4, -0.2) is 28.6 Å². The predicted molar refractivity (Wildman–Crippen MR) is 86.4 cm³/mol. The first kappa shape index (κ1) is 17.5. The minimum absolute atomic E-state index is 0.135. The third kappa shape index (κ3) is 5.36. The van der Waals surface area contributed by atoms with Crippen LogP contribution in [-0.2, 0) is 20.9 Å². The molecule has 2 rings (SSSR count). The van der Waals surface area contributed by atoms with Crippen LogP contribution in [0.1, 0.15) is 45.1 Å². The van der Waals surface area contributed by atoms with Gasteiger partial charge in [-0.05, 0) is 45.1 Å². The fraction of sp³-hybridized carbons (Fsp3) is 0.556. The summed E-state index contributed by atoms with van der Waals surface area (Å²) in [5, 5.41) is 12.6. The summed E-state index contributed by atoms with van der Waals surface area (Å²) in [6, 6.07) is 8.75. The summed E-state index contributed by atoms with van der Waals surface area (Å²) in [4.78, 5) is 24.2. The van der Waals surface area contributed by atoms with Crippen LogP contribution in [0.2, 0.25) is 0 Å². The summed E-state index contributed by atoms with van der Waals surface area (Å²) < 4.78 is 5.22. The Morgan fingerprint density at radius 3 is 2.52 bits per heavy atom. The molecule has 5 heteroatoms. The molecule has 0 aliphatic heterocycles. The van der Waals surface area contributed by atoms with Gasteiger partial charge in [0.05, 0.1) is 5.60 Å². The van der Waals surface area contributed by atoms with Crippen molar-refractivity contribution in [1.82, 2.24) is 5.32 Å². The van der Waals surface area contributed by atoms with Crippen molar-refractivity contribution in [3.8, 4) is 0 Å². The molecule has 0 bridgehead atoms. The van der Waals surface area contributed by atoms with Crippen molar-refractivity contribution in [1.29, 1.82) is 0 Å². The standard InChI is InChI=1S/C18H25NO4/c1-13(17(21)23-12-14-6-4-3-5-7-14)19-16(20)15-8-10-18(2,22)11-9-15/h3-7,13,15,22H,8-12H2,1-2H3,(H,19,20). The van der Waals surface area contributed by atoms with Crippen molar-refractivity contribution in [3.05, 3.63) is 35.9 Å². The Bertz CT molecular complexity index is 531. The van der Waals surface area contributed by atoms with E-state index in [-0.39, 0.29) is 18.4 Å². The Morgan fingerprint density at radius 1 is 1.30 bits per heavy atom. The van der Waals surface area contributed by atoms with Gasteiger partial charge in [0, 0.05) is 5.92 Å². The van der Waals surface area contributed by atoms with Gasteiger partial charge in [0.1, 0.15) is 12.6 Å². The van der Waals surface area contributed by atoms with Crippen LogP contribution in [0.15, 0.2) is 30.3 Å². The molecule has 23 heavy (non-hydrogen) atoms. The van der Waals surface area contributed by atoms with E-state index in [4.69, 9.17) is 4.74 Å². The van der Waals surface area contributed by atoms with E-state index in [1.165, 1.54) is 0 Å². The smallest absolute Gasteiger partial charge is 0.328 e. The maximum absolute atomic E-state index is 12.2. The molecule has 1 unspecified atom stereocenters. The third-order valence-corrected chi connectivity index (χ3v) is 4.37. The monoisotopic (exact) mass is 319 g/mol. The number of hydrogen-bond acceptors (Lipinski definition) is 4. The van der Waals surface area contributed by atoms with Gasteiger partial charge < -0.3 is 15.2 Å². The maximum Gasteiger partial charge on any atom is 0.328 e. The molecular weight excluding hydrogens is 294 g/mol. The molecule has 1 fully saturated rings. The molecule has 0 aromatic heterocycles. The highest BCUT2D eigenvalue weighted by atomic mass is 16.5. The number of hydrogen-bond donors (Lipinski definition) is 2. The molecule has 0 radical (unpaired) electrons. The number of aliphatic hydroxyl groups is 1. The number of ether oxygens (including phenoxy) is 1. The van der Waals surface area contributed by atoms with Crippen LogP contribution >= 0.6 is 0 Å². The van der Waals surface area contributed by atoms with Gasteiger partial charge >= 0.3 is 5.97 Å². The second kappa shape index (κ2) is 7.59. The highest BCUT2D eigenvalue weighted by Gasteiger charge is 2.33. The third-order valence-electron chi connectivity index (χ3n) is 4.37.